The van der Waals surface area contributed by atoms with E-state index in [-0.39, 0.29) is 5.91 Å². The van der Waals surface area contributed by atoms with Crippen LogP contribution in [0, 0.1) is 0 Å². The van der Waals surface area contributed by atoms with Gasteiger partial charge in [0.1, 0.15) is 11.2 Å². The first-order chi connectivity index (χ1) is 11.8. The van der Waals surface area contributed by atoms with E-state index in [4.69, 9.17) is 0 Å². The average Bonchev–Trinajstić information content (AvgIpc) is 3.41. The van der Waals surface area contributed by atoms with Crippen LogP contribution in [0.2, 0.25) is 0 Å². The lowest BCUT2D eigenvalue weighted by Crippen LogP contribution is -2.48. The molecule has 2 aliphatic heterocycles. The van der Waals surface area contributed by atoms with Crippen LogP contribution in [-0.4, -0.2) is 67.6 Å². The minimum absolute atomic E-state index is 0.126. The molecule has 0 N–H and O–H groups in total. The van der Waals surface area contributed by atoms with Gasteiger partial charge in [0, 0.05) is 18.6 Å². The van der Waals surface area contributed by atoms with E-state index in [2.05, 4.69) is 32.2 Å². The number of likely N-dealkylation sites (tertiary alicyclic amines) is 2. The molecule has 4 rings (SSSR count). The van der Waals surface area contributed by atoms with Gasteiger partial charge in [0.15, 0.2) is 0 Å². The summed E-state index contributed by atoms with van der Waals surface area (Å²) in [6.07, 6.45) is 6.18. The summed E-state index contributed by atoms with van der Waals surface area (Å²) in [4.78, 5) is 18.6. The molecule has 1 amide bonds. The maximum atomic E-state index is 13.2. The van der Waals surface area contributed by atoms with Crippen LogP contribution in [0.4, 0.5) is 0 Å². The monoisotopic (exact) mass is 346 g/mol. The largest absolute Gasteiger partial charge is 0.333 e. The SMILES string of the molecule is CCN1CCCC1C1CCCN1C(=O)c1sccc1-n1cnnn1. The summed E-state index contributed by atoms with van der Waals surface area (Å²) in [5.41, 5.74) is 0.777. The van der Waals surface area contributed by atoms with Gasteiger partial charge >= 0.3 is 0 Å². The van der Waals surface area contributed by atoms with Gasteiger partial charge in [-0.05, 0) is 60.6 Å². The third-order valence-corrected chi connectivity index (χ3v) is 6.15. The van der Waals surface area contributed by atoms with Crippen molar-refractivity contribution in [1.29, 1.82) is 0 Å². The molecule has 0 saturated carbocycles. The van der Waals surface area contributed by atoms with Crippen molar-refractivity contribution in [2.75, 3.05) is 19.6 Å². The number of carbonyl (C=O) groups excluding carboxylic acids is 1. The number of aromatic nitrogens is 4. The van der Waals surface area contributed by atoms with Crippen molar-refractivity contribution >= 4 is 17.2 Å². The van der Waals surface area contributed by atoms with Gasteiger partial charge in [-0.3, -0.25) is 9.69 Å². The van der Waals surface area contributed by atoms with Crippen LogP contribution in [0.25, 0.3) is 5.69 Å². The maximum Gasteiger partial charge on any atom is 0.266 e. The van der Waals surface area contributed by atoms with Crippen molar-refractivity contribution in [1.82, 2.24) is 30.0 Å². The molecule has 2 aliphatic rings. The number of carbonyl (C=O) groups is 1. The highest BCUT2D eigenvalue weighted by atomic mass is 32.1. The number of tetrazole rings is 1. The lowest BCUT2D eigenvalue weighted by atomic mass is 10.0. The number of thiophene rings is 1. The molecule has 8 heteroatoms. The van der Waals surface area contributed by atoms with Crippen LogP contribution in [0.5, 0.6) is 0 Å². The Labute approximate surface area is 145 Å². The number of rotatable bonds is 4. The predicted octanol–water partition coefficient (Wildman–Crippen LogP) is 1.81. The molecule has 0 bridgehead atoms. The molecular formula is C16H22N6OS. The van der Waals surface area contributed by atoms with Gasteiger partial charge < -0.3 is 4.90 Å². The summed E-state index contributed by atoms with van der Waals surface area (Å²) in [5.74, 6) is 0.126. The molecule has 128 valence electrons. The first-order valence-corrected chi connectivity index (χ1v) is 9.53. The fourth-order valence-corrected chi connectivity index (χ4v) is 5.00. The molecule has 0 spiro atoms. The fourth-order valence-electron chi connectivity index (χ4n) is 4.17. The van der Waals surface area contributed by atoms with Crippen LogP contribution in [0.1, 0.15) is 42.3 Å². The molecule has 2 aromatic rings. The smallest absolute Gasteiger partial charge is 0.266 e. The Bertz CT molecular complexity index is 699. The fraction of sp³-hybridized carbons (Fsp3) is 0.625. The molecule has 0 radical (unpaired) electrons. The minimum atomic E-state index is 0.126. The van der Waals surface area contributed by atoms with E-state index in [0.29, 0.717) is 12.1 Å². The van der Waals surface area contributed by atoms with Crippen molar-refractivity contribution in [3.63, 3.8) is 0 Å². The van der Waals surface area contributed by atoms with E-state index < -0.39 is 0 Å². The van der Waals surface area contributed by atoms with Gasteiger partial charge in [0.05, 0.1) is 5.69 Å². The zero-order chi connectivity index (χ0) is 16.5. The third kappa shape index (κ3) is 2.63. The highest BCUT2D eigenvalue weighted by Gasteiger charge is 2.40. The number of hydrogen-bond donors (Lipinski definition) is 0. The van der Waals surface area contributed by atoms with Crippen LogP contribution < -0.4 is 0 Å². The van der Waals surface area contributed by atoms with E-state index in [1.807, 2.05) is 11.4 Å². The van der Waals surface area contributed by atoms with Gasteiger partial charge in [-0.15, -0.1) is 16.4 Å². The quantitative estimate of drug-likeness (QED) is 0.845. The molecule has 0 aromatic carbocycles. The van der Waals surface area contributed by atoms with E-state index in [0.717, 1.165) is 43.0 Å². The number of hydrogen-bond acceptors (Lipinski definition) is 6. The standard InChI is InChI=1S/C16H22N6OS/c1-2-20-8-3-5-12(20)13-6-4-9-21(13)16(23)15-14(7-10-24-15)22-11-17-18-19-22/h7,10-13H,2-6,8-9H2,1H3. The molecule has 2 unspecified atom stereocenters. The Morgan fingerprint density at radius 1 is 1.29 bits per heavy atom. The summed E-state index contributed by atoms with van der Waals surface area (Å²) in [7, 11) is 0. The highest BCUT2D eigenvalue weighted by Crippen LogP contribution is 2.32. The van der Waals surface area contributed by atoms with E-state index in [1.165, 1.54) is 30.5 Å². The van der Waals surface area contributed by atoms with Gasteiger partial charge in [0.2, 0.25) is 0 Å². The van der Waals surface area contributed by atoms with Crippen molar-refractivity contribution in [3.05, 3.63) is 22.7 Å². The van der Waals surface area contributed by atoms with Crippen LogP contribution in [0.3, 0.4) is 0 Å². The lowest BCUT2D eigenvalue weighted by Gasteiger charge is -2.34. The van der Waals surface area contributed by atoms with Crippen LogP contribution >= 0.6 is 11.3 Å². The Morgan fingerprint density at radius 3 is 2.92 bits per heavy atom. The molecule has 7 nitrogen and oxygen atoms in total. The van der Waals surface area contributed by atoms with E-state index >= 15 is 0 Å². The zero-order valence-corrected chi connectivity index (χ0v) is 14.7. The first-order valence-electron chi connectivity index (χ1n) is 8.65. The second-order valence-electron chi connectivity index (χ2n) is 6.44. The van der Waals surface area contributed by atoms with Crippen molar-refractivity contribution in [2.45, 2.75) is 44.7 Å². The molecular weight excluding hydrogens is 324 g/mol. The molecule has 2 aromatic heterocycles. The van der Waals surface area contributed by atoms with E-state index in [1.54, 1.807) is 4.68 Å². The molecule has 2 fully saturated rings. The lowest BCUT2D eigenvalue weighted by molar-refractivity contribution is 0.0654. The van der Waals surface area contributed by atoms with Crippen LogP contribution in [0.15, 0.2) is 17.8 Å². The molecule has 2 atom stereocenters. The Kier molecular flexibility index (Phi) is 4.32. The number of amides is 1. The van der Waals surface area contributed by atoms with Crippen molar-refractivity contribution in [2.24, 2.45) is 0 Å². The second-order valence-corrected chi connectivity index (χ2v) is 7.35. The number of likely N-dealkylation sites (N-methyl/N-ethyl adjacent to an activating group) is 1. The van der Waals surface area contributed by atoms with Gasteiger partial charge in [-0.25, -0.2) is 0 Å². The average molecular weight is 346 g/mol. The zero-order valence-electron chi connectivity index (χ0n) is 13.8. The maximum absolute atomic E-state index is 13.2. The molecule has 2 saturated heterocycles. The predicted molar refractivity (Wildman–Crippen MR) is 91.4 cm³/mol. The Balaban J connectivity index is 1.59. The molecule has 0 aliphatic carbocycles. The minimum Gasteiger partial charge on any atom is -0.333 e. The Morgan fingerprint density at radius 2 is 2.12 bits per heavy atom. The first kappa shape index (κ1) is 15.7. The second kappa shape index (κ2) is 6.60. The third-order valence-electron chi connectivity index (χ3n) is 5.26. The van der Waals surface area contributed by atoms with Crippen molar-refractivity contribution < 1.29 is 4.79 Å². The molecule has 4 heterocycles. The van der Waals surface area contributed by atoms with Gasteiger partial charge in [-0.2, -0.15) is 4.68 Å². The summed E-state index contributed by atoms with van der Waals surface area (Å²) >= 11 is 1.47. The van der Waals surface area contributed by atoms with Crippen molar-refractivity contribution in [3.8, 4) is 5.69 Å². The normalized spacial score (nSPS) is 24.8. The van der Waals surface area contributed by atoms with Gasteiger partial charge in [-0.1, -0.05) is 6.92 Å². The van der Waals surface area contributed by atoms with E-state index in [9.17, 15) is 4.79 Å². The summed E-state index contributed by atoms with van der Waals surface area (Å²) in [6, 6.07) is 2.76. The molecule has 24 heavy (non-hydrogen) atoms. The van der Waals surface area contributed by atoms with Crippen LogP contribution in [-0.2, 0) is 0 Å². The van der Waals surface area contributed by atoms with Gasteiger partial charge in [0.25, 0.3) is 5.91 Å². The number of nitrogens with zero attached hydrogens (tertiary/aromatic N) is 6. The summed E-state index contributed by atoms with van der Waals surface area (Å²) < 4.78 is 1.57. The highest BCUT2D eigenvalue weighted by molar-refractivity contribution is 7.12. The summed E-state index contributed by atoms with van der Waals surface area (Å²) in [6.45, 7) is 5.30. The summed E-state index contributed by atoms with van der Waals surface area (Å²) in [5, 5.41) is 13.2. The Hall–Kier alpha value is -1.80. The topological polar surface area (TPSA) is 67.2 Å².